The molecule has 0 saturated heterocycles. The van der Waals surface area contributed by atoms with E-state index in [1.165, 1.54) is 32.4 Å². The van der Waals surface area contributed by atoms with E-state index in [-0.39, 0.29) is 17.0 Å². The number of benzene rings is 3. The molecule has 4 rings (SSSR count). The van der Waals surface area contributed by atoms with Crippen LogP contribution in [0.4, 0.5) is 15.8 Å². The minimum atomic E-state index is -0.556. The Kier molecular flexibility index (Phi) is 6.54. The lowest BCUT2D eigenvalue weighted by Crippen LogP contribution is -2.16. The predicted octanol–water partition coefficient (Wildman–Crippen LogP) is 5.00. The largest absolute Gasteiger partial charge is 0.497 e. The minimum absolute atomic E-state index is 0.0206. The van der Waals surface area contributed by atoms with Gasteiger partial charge in [0.05, 0.1) is 19.8 Å². The third kappa shape index (κ3) is 4.88. The zero-order valence-electron chi connectivity index (χ0n) is 18.3. The van der Waals surface area contributed by atoms with Gasteiger partial charge in [0.1, 0.15) is 17.3 Å². The number of amides is 2. The molecule has 172 valence electrons. The Balaban J connectivity index is 1.63. The van der Waals surface area contributed by atoms with E-state index in [1.54, 1.807) is 48.5 Å². The monoisotopic (exact) mass is 461 g/mol. The second-order valence-corrected chi connectivity index (χ2v) is 7.10. The summed E-state index contributed by atoms with van der Waals surface area (Å²) in [6.45, 7) is 0. The van der Waals surface area contributed by atoms with E-state index in [0.29, 0.717) is 28.4 Å². The summed E-state index contributed by atoms with van der Waals surface area (Å²) in [7, 11) is 3.00. The van der Waals surface area contributed by atoms with E-state index in [1.807, 2.05) is 0 Å². The normalized spacial score (nSPS) is 10.4. The topological polar surface area (TPSA) is 103 Å². The number of halogens is 1. The maximum atomic E-state index is 13.5. The summed E-state index contributed by atoms with van der Waals surface area (Å²) < 4.78 is 29.5. The van der Waals surface area contributed by atoms with Crippen molar-refractivity contribution in [1.82, 2.24) is 4.98 Å². The predicted molar refractivity (Wildman–Crippen MR) is 124 cm³/mol. The van der Waals surface area contributed by atoms with E-state index in [2.05, 4.69) is 15.6 Å². The van der Waals surface area contributed by atoms with Crippen molar-refractivity contribution >= 4 is 23.2 Å². The number of rotatable bonds is 7. The maximum Gasteiger partial charge on any atom is 0.278 e. The molecule has 2 N–H and O–H groups in total. The van der Waals surface area contributed by atoms with E-state index in [4.69, 9.17) is 13.9 Å². The average Bonchev–Trinajstić information content (AvgIpc) is 3.34. The summed E-state index contributed by atoms with van der Waals surface area (Å²) in [5, 5.41) is 5.38. The third-order valence-electron chi connectivity index (χ3n) is 4.89. The molecule has 0 atom stereocenters. The maximum absolute atomic E-state index is 13.5. The lowest BCUT2D eigenvalue weighted by atomic mass is 10.0. The number of methoxy groups -OCH3 is 2. The van der Waals surface area contributed by atoms with Crippen molar-refractivity contribution < 1.29 is 27.9 Å². The highest BCUT2D eigenvalue weighted by Gasteiger charge is 2.23. The molecule has 0 aliphatic rings. The molecule has 0 unspecified atom stereocenters. The highest BCUT2D eigenvalue weighted by atomic mass is 19.1. The van der Waals surface area contributed by atoms with Gasteiger partial charge in [0, 0.05) is 35.1 Å². The SMILES string of the molecule is COc1cc(NC(=O)c2ncoc2-c2ccccc2C(=O)Nc2cccc(F)c2)cc(OC)c1. The Morgan fingerprint density at radius 1 is 0.853 bits per heavy atom. The van der Waals surface area contributed by atoms with E-state index < -0.39 is 17.6 Å². The summed E-state index contributed by atoms with van der Waals surface area (Å²) in [4.78, 5) is 30.0. The van der Waals surface area contributed by atoms with Crippen molar-refractivity contribution in [1.29, 1.82) is 0 Å². The molecule has 0 saturated carbocycles. The molecule has 2 amide bonds. The standard InChI is InChI=1S/C25H20FN3O5/c1-32-18-11-17(12-19(13-18)33-2)29-25(31)22-23(34-14-27-22)20-8-3-4-9-21(20)24(30)28-16-7-5-6-15(26)10-16/h3-14H,1-2H3,(H,28,30)(H,29,31). The molecule has 34 heavy (non-hydrogen) atoms. The first-order chi connectivity index (χ1) is 16.5. The Hall–Kier alpha value is -4.66. The second-order valence-electron chi connectivity index (χ2n) is 7.10. The van der Waals surface area contributed by atoms with Crippen LogP contribution in [0.15, 0.2) is 77.5 Å². The van der Waals surface area contributed by atoms with Crippen LogP contribution in [-0.4, -0.2) is 31.0 Å². The first-order valence-corrected chi connectivity index (χ1v) is 10.1. The molecule has 1 aromatic heterocycles. The van der Waals surface area contributed by atoms with Crippen LogP contribution >= 0.6 is 0 Å². The van der Waals surface area contributed by atoms with Gasteiger partial charge >= 0.3 is 0 Å². The molecule has 0 fully saturated rings. The fraction of sp³-hybridized carbons (Fsp3) is 0.0800. The Morgan fingerprint density at radius 3 is 2.26 bits per heavy atom. The van der Waals surface area contributed by atoms with Gasteiger partial charge in [-0.3, -0.25) is 9.59 Å². The second kappa shape index (κ2) is 9.86. The number of carbonyl (C=O) groups excluding carboxylic acids is 2. The van der Waals surface area contributed by atoms with Crippen LogP contribution in [0.2, 0.25) is 0 Å². The number of ether oxygens (including phenoxy) is 2. The zero-order chi connectivity index (χ0) is 24.1. The molecular formula is C25H20FN3O5. The van der Waals surface area contributed by atoms with Gasteiger partial charge in [-0.1, -0.05) is 24.3 Å². The highest BCUT2D eigenvalue weighted by molar-refractivity contribution is 6.11. The first kappa shape index (κ1) is 22.5. The van der Waals surface area contributed by atoms with Gasteiger partial charge in [0.25, 0.3) is 11.8 Å². The van der Waals surface area contributed by atoms with Crippen LogP contribution in [0.25, 0.3) is 11.3 Å². The molecule has 8 nitrogen and oxygen atoms in total. The van der Waals surface area contributed by atoms with Gasteiger partial charge in [-0.2, -0.15) is 0 Å². The number of hydrogen-bond donors (Lipinski definition) is 2. The molecule has 0 spiro atoms. The van der Waals surface area contributed by atoms with Gasteiger partial charge < -0.3 is 24.5 Å². The van der Waals surface area contributed by atoms with E-state index in [9.17, 15) is 14.0 Å². The smallest absolute Gasteiger partial charge is 0.278 e. The van der Waals surface area contributed by atoms with Crippen LogP contribution in [0.5, 0.6) is 11.5 Å². The molecular weight excluding hydrogens is 441 g/mol. The van der Waals surface area contributed by atoms with Gasteiger partial charge in [-0.05, 0) is 24.3 Å². The zero-order valence-corrected chi connectivity index (χ0v) is 18.3. The molecule has 0 aliphatic carbocycles. The van der Waals surface area contributed by atoms with Gasteiger partial charge in [-0.25, -0.2) is 9.37 Å². The van der Waals surface area contributed by atoms with Gasteiger partial charge in [0.15, 0.2) is 17.8 Å². The Morgan fingerprint density at radius 2 is 1.56 bits per heavy atom. The third-order valence-corrected chi connectivity index (χ3v) is 4.89. The molecule has 0 bridgehead atoms. The molecule has 1 heterocycles. The number of hydrogen-bond acceptors (Lipinski definition) is 6. The van der Waals surface area contributed by atoms with Crippen LogP contribution < -0.4 is 20.1 Å². The molecule has 0 aliphatic heterocycles. The van der Waals surface area contributed by atoms with Crippen molar-refractivity contribution in [3.05, 3.63) is 90.2 Å². The van der Waals surface area contributed by atoms with Crippen molar-refractivity contribution in [3.63, 3.8) is 0 Å². The van der Waals surface area contributed by atoms with E-state index in [0.717, 1.165) is 6.39 Å². The summed E-state index contributed by atoms with van der Waals surface area (Å²) in [5.74, 6) is -0.434. The highest BCUT2D eigenvalue weighted by Crippen LogP contribution is 2.30. The quantitative estimate of drug-likeness (QED) is 0.401. The van der Waals surface area contributed by atoms with Crippen molar-refractivity contribution in [3.8, 4) is 22.8 Å². The van der Waals surface area contributed by atoms with E-state index >= 15 is 0 Å². The number of nitrogens with zero attached hydrogens (tertiary/aromatic N) is 1. The van der Waals surface area contributed by atoms with Crippen LogP contribution in [0.1, 0.15) is 20.8 Å². The molecule has 9 heteroatoms. The first-order valence-electron chi connectivity index (χ1n) is 10.1. The number of anilines is 2. The fourth-order valence-corrected chi connectivity index (χ4v) is 3.31. The molecule has 3 aromatic carbocycles. The summed E-state index contributed by atoms with van der Waals surface area (Å²) in [6.07, 6.45) is 1.12. The molecule has 0 radical (unpaired) electrons. The van der Waals surface area contributed by atoms with Crippen molar-refractivity contribution in [2.45, 2.75) is 0 Å². The molecule has 4 aromatic rings. The fourth-order valence-electron chi connectivity index (χ4n) is 3.31. The summed E-state index contributed by atoms with van der Waals surface area (Å²) >= 11 is 0. The summed E-state index contributed by atoms with van der Waals surface area (Å²) in [5.41, 5.74) is 1.27. The number of carbonyl (C=O) groups is 2. The Labute approximate surface area is 194 Å². The minimum Gasteiger partial charge on any atom is -0.497 e. The number of oxazole rings is 1. The number of nitrogens with one attached hydrogen (secondary N) is 2. The van der Waals surface area contributed by atoms with Crippen LogP contribution in [0, 0.1) is 5.82 Å². The summed E-state index contributed by atoms with van der Waals surface area (Å²) in [6, 6.07) is 17.0. The van der Waals surface area contributed by atoms with Gasteiger partial charge in [0.2, 0.25) is 0 Å². The number of aromatic nitrogens is 1. The average molecular weight is 461 g/mol. The van der Waals surface area contributed by atoms with Crippen LogP contribution in [0.3, 0.4) is 0 Å². The lowest BCUT2D eigenvalue weighted by Gasteiger charge is -2.11. The van der Waals surface area contributed by atoms with Crippen molar-refractivity contribution in [2.75, 3.05) is 24.9 Å². The Bertz CT molecular complexity index is 1330. The van der Waals surface area contributed by atoms with Crippen LogP contribution in [-0.2, 0) is 0 Å². The lowest BCUT2D eigenvalue weighted by molar-refractivity contribution is 0.101. The van der Waals surface area contributed by atoms with Gasteiger partial charge in [-0.15, -0.1) is 0 Å². The van der Waals surface area contributed by atoms with Crippen molar-refractivity contribution in [2.24, 2.45) is 0 Å².